The van der Waals surface area contributed by atoms with Crippen LogP contribution in [0.3, 0.4) is 0 Å². The van der Waals surface area contributed by atoms with Gasteiger partial charge in [-0.15, -0.1) is 0 Å². The van der Waals surface area contributed by atoms with Crippen LogP contribution in [0.2, 0.25) is 0 Å². The van der Waals surface area contributed by atoms with Crippen LogP contribution >= 0.6 is 0 Å². The SMILES string of the molecule is Cc1cccc(CNC(=O)C2(N)CCCC(C)C2)n1. The Morgan fingerprint density at radius 3 is 3.05 bits per heavy atom. The van der Waals surface area contributed by atoms with Crippen molar-refractivity contribution in [2.24, 2.45) is 11.7 Å². The van der Waals surface area contributed by atoms with Crippen molar-refractivity contribution in [1.82, 2.24) is 10.3 Å². The molecule has 1 fully saturated rings. The Hall–Kier alpha value is -1.42. The lowest BCUT2D eigenvalue weighted by Gasteiger charge is -2.35. The maximum Gasteiger partial charge on any atom is 0.240 e. The second-order valence-electron chi connectivity index (χ2n) is 5.81. The average Bonchev–Trinajstić information content (AvgIpc) is 2.35. The zero-order chi connectivity index (χ0) is 13.9. The summed E-state index contributed by atoms with van der Waals surface area (Å²) in [4.78, 5) is 16.6. The van der Waals surface area contributed by atoms with Crippen LogP contribution in [0.25, 0.3) is 0 Å². The van der Waals surface area contributed by atoms with Crippen molar-refractivity contribution in [2.75, 3.05) is 0 Å². The molecule has 0 spiro atoms. The quantitative estimate of drug-likeness (QED) is 0.873. The van der Waals surface area contributed by atoms with E-state index < -0.39 is 5.54 Å². The summed E-state index contributed by atoms with van der Waals surface area (Å²) in [5.41, 5.74) is 7.40. The molecule has 4 nitrogen and oxygen atoms in total. The molecule has 104 valence electrons. The molecule has 1 aromatic heterocycles. The number of hydrogen-bond donors (Lipinski definition) is 2. The lowest BCUT2D eigenvalue weighted by Crippen LogP contribution is -2.56. The molecule has 0 bridgehead atoms. The molecule has 0 aromatic carbocycles. The zero-order valence-electron chi connectivity index (χ0n) is 11.8. The van der Waals surface area contributed by atoms with E-state index in [9.17, 15) is 4.79 Å². The molecule has 1 heterocycles. The first-order valence-electron chi connectivity index (χ1n) is 6.99. The Kier molecular flexibility index (Phi) is 4.20. The van der Waals surface area contributed by atoms with Gasteiger partial charge < -0.3 is 11.1 Å². The third-order valence-electron chi connectivity index (χ3n) is 3.86. The molecule has 2 atom stereocenters. The number of carbonyl (C=O) groups excluding carboxylic acids is 1. The van der Waals surface area contributed by atoms with Crippen molar-refractivity contribution in [3.8, 4) is 0 Å². The van der Waals surface area contributed by atoms with Crippen LogP contribution in [0.5, 0.6) is 0 Å². The number of aryl methyl sites for hydroxylation is 1. The molecule has 1 aliphatic rings. The average molecular weight is 261 g/mol. The first-order valence-corrected chi connectivity index (χ1v) is 6.99. The second-order valence-corrected chi connectivity index (χ2v) is 5.81. The van der Waals surface area contributed by atoms with Crippen molar-refractivity contribution >= 4 is 5.91 Å². The smallest absolute Gasteiger partial charge is 0.240 e. The molecule has 1 amide bonds. The van der Waals surface area contributed by atoms with E-state index in [0.29, 0.717) is 12.5 Å². The van der Waals surface area contributed by atoms with Gasteiger partial charge in [0.05, 0.1) is 17.8 Å². The van der Waals surface area contributed by atoms with E-state index in [2.05, 4.69) is 17.2 Å². The van der Waals surface area contributed by atoms with Gasteiger partial charge in [0.15, 0.2) is 0 Å². The van der Waals surface area contributed by atoms with Crippen LogP contribution in [0.4, 0.5) is 0 Å². The summed E-state index contributed by atoms with van der Waals surface area (Å²) in [6.45, 7) is 4.56. The van der Waals surface area contributed by atoms with Gasteiger partial charge in [0.2, 0.25) is 5.91 Å². The number of aromatic nitrogens is 1. The van der Waals surface area contributed by atoms with E-state index in [-0.39, 0.29) is 5.91 Å². The molecular formula is C15H23N3O. The fourth-order valence-electron chi connectivity index (χ4n) is 2.84. The highest BCUT2D eigenvalue weighted by Gasteiger charge is 2.37. The van der Waals surface area contributed by atoms with E-state index in [1.165, 1.54) is 6.42 Å². The minimum Gasteiger partial charge on any atom is -0.349 e. The molecule has 0 saturated heterocycles. The number of nitrogens with two attached hydrogens (primary N) is 1. The van der Waals surface area contributed by atoms with Crippen LogP contribution in [0.1, 0.15) is 44.0 Å². The van der Waals surface area contributed by atoms with Gasteiger partial charge in [-0.1, -0.05) is 25.8 Å². The lowest BCUT2D eigenvalue weighted by atomic mass is 9.76. The zero-order valence-corrected chi connectivity index (χ0v) is 11.8. The number of rotatable bonds is 3. The Morgan fingerprint density at radius 1 is 1.58 bits per heavy atom. The summed E-state index contributed by atoms with van der Waals surface area (Å²) in [7, 11) is 0. The Bertz CT molecular complexity index is 460. The van der Waals surface area contributed by atoms with Crippen molar-refractivity contribution in [3.05, 3.63) is 29.6 Å². The molecule has 2 unspecified atom stereocenters. The third kappa shape index (κ3) is 3.53. The van der Waals surface area contributed by atoms with E-state index in [0.717, 1.165) is 30.7 Å². The highest BCUT2D eigenvalue weighted by atomic mass is 16.2. The molecule has 1 saturated carbocycles. The van der Waals surface area contributed by atoms with Crippen molar-refractivity contribution < 1.29 is 4.79 Å². The number of pyridine rings is 1. The monoisotopic (exact) mass is 261 g/mol. The molecular weight excluding hydrogens is 238 g/mol. The molecule has 3 N–H and O–H groups in total. The number of hydrogen-bond acceptors (Lipinski definition) is 3. The third-order valence-corrected chi connectivity index (χ3v) is 3.86. The summed E-state index contributed by atoms with van der Waals surface area (Å²) in [6.07, 6.45) is 3.77. The van der Waals surface area contributed by atoms with Crippen LogP contribution in [0, 0.1) is 12.8 Å². The van der Waals surface area contributed by atoms with E-state index in [1.54, 1.807) is 0 Å². The van der Waals surface area contributed by atoms with Gasteiger partial charge in [-0.05, 0) is 37.8 Å². The fourth-order valence-corrected chi connectivity index (χ4v) is 2.84. The minimum atomic E-state index is -0.693. The highest BCUT2D eigenvalue weighted by Crippen LogP contribution is 2.30. The van der Waals surface area contributed by atoms with Gasteiger partial charge in [0.25, 0.3) is 0 Å². The number of carbonyl (C=O) groups is 1. The molecule has 1 aliphatic carbocycles. The number of nitrogens with one attached hydrogen (secondary N) is 1. The van der Waals surface area contributed by atoms with Gasteiger partial charge in [-0.3, -0.25) is 9.78 Å². The van der Waals surface area contributed by atoms with Crippen LogP contribution in [-0.2, 0) is 11.3 Å². The maximum absolute atomic E-state index is 12.3. The van der Waals surface area contributed by atoms with Gasteiger partial charge in [0.1, 0.15) is 0 Å². The Labute approximate surface area is 114 Å². The van der Waals surface area contributed by atoms with Gasteiger partial charge in [-0.25, -0.2) is 0 Å². The summed E-state index contributed by atoms with van der Waals surface area (Å²) in [5, 5.41) is 2.93. The van der Waals surface area contributed by atoms with E-state index in [1.807, 2.05) is 25.1 Å². The number of nitrogens with zero attached hydrogens (tertiary/aromatic N) is 1. The van der Waals surface area contributed by atoms with E-state index >= 15 is 0 Å². The Morgan fingerprint density at radius 2 is 2.37 bits per heavy atom. The summed E-state index contributed by atoms with van der Waals surface area (Å²) in [5.74, 6) is 0.490. The van der Waals surface area contributed by atoms with Crippen LogP contribution < -0.4 is 11.1 Å². The summed E-state index contributed by atoms with van der Waals surface area (Å²) < 4.78 is 0. The summed E-state index contributed by atoms with van der Waals surface area (Å²) in [6, 6.07) is 5.81. The Balaban J connectivity index is 1.94. The first kappa shape index (κ1) is 14.0. The second kappa shape index (κ2) is 5.70. The molecule has 0 aliphatic heterocycles. The lowest BCUT2D eigenvalue weighted by molar-refractivity contribution is -0.128. The van der Waals surface area contributed by atoms with Crippen LogP contribution in [0.15, 0.2) is 18.2 Å². The highest BCUT2D eigenvalue weighted by molar-refractivity contribution is 5.86. The topological polar surface area (TPSA) is 68.0 Å². The molecule has 2 rings (SSSR count). The number of amides is 1. The first-order chi connectivity index (χ1) is 8.99. The van der Waals surface area contributed by atoms with Gasteiger partial charge in [0, 0.05) is 5.69 Å². The predicted octanol–water partition coefficient (Wildman–Crippen LogP) is 1.91. The maximum atomic E-state index is 12.3. The predicted molar refractivity (Wildman–Crippen MR) is 75.4 cm³/mol. The summed E-state index contributed by atoms with van der Waals surface area (Å²) >= 11 is 0. The minimum absolute atomic E-state index is 0.0395. The van der Waals surface area contributed by atoms with Crippen LogP contribution in [-0.4, -0.2) is 16.4 Å². The normalized spacial score (nSPS) is 27.0. The molecule has 1 aromatic rings. The molecule has 0 radical (unpaired) electrons. The largest absolute Gasteiger partial charge is 0.349 e. The fraction of sp³-hybridized carbons (Fsp3) is 0.600. The van der Waals surface area contributed by atoms with Crippen molar-refractivity contribution in [2.45, 2.75) is 51.6 Å². The van der Waals surface area contributed by atoms with Crippen molar-refractivity contribution in [3.63, 3.8) is 0 Å². The standard InChI is InChI=1S/C15H23N3O/c1-11-5-4-8-15(16,9-11)14(19)17-10-13-7-3-6-12(2)18-13/h3,6-7,11H,4-5,8-10,16H2,1-2H3,(H,17,19). The molecule has 4 heteroatoms. The van der Waals surface area contributed by atoms with Gasteiger partial charge in [-0.2, -0.15) is 0 Å². The van der Waals surface area contributed by atoms with Gasteiger partial charge >= 0.3 is 0 Å². The van der Waals surface area contributed by atoms with Crippen molar-refractivity contribution in [1.29, 1.82) is 0 Å². The van der Waals surface area contributed by atoms with E-state index in [4.69, 9.17) is 5.73 Å². The molecule has 19 heavy (non-hydrogen) atoms.